The Bertz CT molecular complexity index is 1970. The Morgan fingerprint density at radius 3 is 2.55 bits per heavy atom. The van der Waals surface area contributed by atoms with Crippen molar-refractivity contribution in [1.29, 1.82) is 0 Å². The average molecular weight is 722 g/mol. The molecular formula is C36H44N6O8S. The van der Waals surface area contributed by atoms with Crippen molar-refractivity contribution >= 4 is 44.2 Å². The minimum atomic E-state index is -3.89. The van der Waals surface area contributed by atoms with Crippen LogP contribution in [-0.4, -0.2) is 90.7 Å². The fourth-order valence-electron chi connectivity index (χ4n) is 6.41. The smallest absolute Gasteiger partial charge is 0.259 e. The van der Waals surface area contributed by atoms with Crippen molar-refractivity contribution in [3.8, 4) is 17.5 Å². The molecule has 1 aliphatic heterocycles. The number of amides is 3. The molecule has 0 radical (unpaired) electrons. The molecule has 2 aromatic heterocycles. The largest absolute Gasteiger partial charge is 0.497 e. The number of carbonyl (C=O) groups excluding carboxylic acids is 3. The molecule has 3 amide bonds. The third-order valence-electron chi connectivity index (χ3n) is 9.60. The lowest BCUT2D eigenvalue weighted by atomic mass is 9.85. The van der Waals surface area contributed by atoms with Crippen molar-refractivity contribution in [2.24, 2.45) is 11.3 Å². The Morgan fingerprint density at radius 2 is 1.92 bits per heavy atom. The summed E-state index contributed by atoms with van der Waals surface area (Å²) >= 11 is 0. The van der Waals surface area contributed by atoms with Gasteiger partial charge in [-0.3, -0.25) is 19.1 Å². The van der Waals surface area contributed by atoms with Crippen molar-refractivity contribution in [2.45, 2.75) is 75.4 Å². The van der Waals surface area contributed by atoms with Gasteiger partial charge in [-0.05, 0) is 60.4 Å². The van der Waals surface area contributed by atoms with Gasteiger partial charge in [-0.2, -0.15) is 0 Å². The van der Waals surface area contributed by atoms with Gasteiger partial charge in [0.05, 0.1) is 37.9 Å². The number of hydrogen-bond donors (Lipinski definition) is 3. The van der Waals surface area contributed by atoms with Crippen molar-refractivity contribution in [3.05, 3.63) is 61.4 Å². The molecule has 15 heteroatoms. The van der Waals surface area contributed by atoms with Crippen molar-refractivity contribution in [1.82, 2.24) is 24.9 Å². The third-order valence-corrected chi connectivity index (χ3v) is 11.4. The second-order valence-corrected chi connectivity index (χ2v) is 16.0. The first-order chi connectivity index (χ1) is 24.7. The summed E-state index contributed by atoms with van der Waals surface area (Å²) in [7, 11) is -0.830. The van der Waals surface area contributed by atoms with Gasteiger partial charge in [0.15, 0.2) is 0 Å². The summed E-state index contributed by atoms with van der Waals surface area (Å²) in [6.07, 6.45) is 5.04. The molecule has 272 valence electrons. The first-order valence-corrected chi connectivity index (χ1v) is 18.3. The van der Waals surface area contributed by atoms with Gasteiger partial charge in [0.1, 0.15) is 29.5 Å². The van der Waals surface area contributed by atoms with Gasteiger partial charge < -0.3 is 29.7 Å². The SMILES string of the molecule is [2H]CC(C)(C)[C@H](Nc1ccc(OC)nc1)C(=O)N1C[C@H](Oc2nccc3cc(OC)ccc23)C[C@H]1C(=O)N[C@]1(C(=O)NS(=O)(=O)C2CC2)C[C@H]1C=C. The molecule has 0 unspecified atom stereocenters. The molecule has 5 atom stereocenters. The van der Waals surface area contributed by atoms with E-state index in [2.05, 4.69) is 31.9 Å². The van der Waals surface area contributed by atoms with Crippen LogP contribution in [-0.2, 0) is 24.4 Å². The molecule has 1 aromatic carbocycles. The highest BCUT2D eigenvalue weighted by atomic mass is 32.2. The van der Waals surface area contributed by atoms with E-state index in [1.807, 2.05) is 18.2 Å². The molecule has 1 saturated heterocycles. The molecule has 3 aliphatic rings. The fraction of sp³-hybridized carbons (Fsp3) is 0.472. The highest BCUT2D eigenvalue weighted by Gasteiger charge is 2.62. The number of methoxy groups -OCH3 is 2. The zero-order valence-corrected chi connectivity index (χ0v) is 29.9. The number of sulfonamides is 1. The van der Waals surface area contributed by atoms with Gasteiger partial charge in [-0.25, -0.2) is 18.4 Å². The van der Waals surface area contributed by atoms with Gasteiger partial charge in [-0.1, -0.05) is 26.8 Å². The van der Waals surface area contributed by atoms with Crippen LogP contribution in [0.15, 0.2) is 61.4 Å². The third kappa shape index (κ3) is 7.43. The lowest BCUT2D eigenvalue weighted by Gasteiger charge is -2.36. The molecule has 0 bridgehead atoms. The second kappa shape index (κ2) is 13.7. The van der Waals surface area contributed by atoms with E-state index in [4.69, 9.17) is 15.6 Å². The van der Waals surface area contributed by atoms with E-state index in [9.17, 15) is 22.8 Å². The highest BCUT2D eigenvalue weighted by molar-refractivity contribution is 7.91. The maximum Gasteiger partial charge on any atom is 0.259 e. The van der Waals surface area contributed by atoms with E-state index in [1.54, 1.807) is 45.4 Å². The number of fused-ring (bicyclic) bond motifs is 1. The maximum absolute atomic E-state index is 14.7. The average Bonchev–Trinajstić information content (AvgIpc) is 4.07. The minimum absolute atomic E-state index is 0.0155. The van der Waals surface area contributed by atoms with E-state index in [1.165, 1.54) is 24.3 Å². The standard InChI is InChI=1S/C36H44N6O8S/c1-7-22-18-36(22,34(45)41-51(46,47)26-10-11-26)40-31(43)28-17-25(50-32-27-12-9-24(48-5)16-21(27)14-15-37-32)20-42(28)33(44)30(35(2,3)4)39-23-8-13-29(49-6)38-19-23/h7-9,12-16,19,22,25-26,28,30,39H,1,10-11,17-18,20H2,2-6H3,(H,40,43)(H,41,45)/t22-,25-,28+,30-,36-/m1/s1/i2D. The number of pyridine rings is 2. The normalized spacial score (nSPS) is 23.8. The predicted molar refractivity (Wildman–Crippen MR) is 190 cm³/mol. The maximum atomic E-state index is 14.7. The van der Waals surface area contributed by atoms with Gasteiger partial charge in [0, 0.05) is 31.4 Å². The number of aromatic nitrogens is 2. The summed E-state index contributed by atoms with van der Waals surface area (Å²) < 4.78 is 52.8. The number of rotatable bonds is 13. The quantitative estimate of drug-likeness (QED) is 0.221. The number of carbonyl (C=O) groups is 3. The van der Waals surface area contributed by atoms with Crippen LogP contribution in [0, 0.1) is 11.3 Å². The summed E-state index contributed by atoms with van der Waals surface area (Å²) in [5, 5.41) is 6.92. The first-order valence-electron chi connectivity index (χ1n) is 17.4. The predicted octanol–water partition coefficient (Wildman–Crippen LogP) is 3.19. The van der Waals surface area contributed by atoms with Crippen LogP contribution in [0.4, 0.5) is 5.69 Å². The van der Waals surface area contributed by atoms with Crippen LogP contribution in [0.1, 0.15) is 47.8 Å². The van der Waals surface area contributed by atoms with Gasteiger partial charge in [0.2, 0.25) is 33.6 Å². The van der Waals surface area contributed by atoms with E-state index >= 15 is 0 Å². The van der Waals surface area contributed by atoms with E-state index in [0.29, 0.717) is 41.4 Å². The van der Waals surface area contributed by atoms with Crippen LogP contribution in [0.2, 0.25) is 0 Å². The number of nitrogens with zero attached hydrogens (tertiary/aromatic N) is 3. The Labute approximate surface area is 298 Å². The number of benzene rings is 1. The number of hydrogen-bond acceptors (Lipinski definition) is 11. The van der Waals surface area contributed by atoms with Crippen molar-refractivity contribution in [2.75, 3.05) is 26.1 Å². The number of likely N-dealkylation sites (tertiary alicyclic amines) is 1. The molecule has 3 aromatic rings. The second-order valence-electron chi connectivity index (χ2n) is 14.0. The summed E-state index contributed by atoms with van der Waals surface area (Å²) in [6.45, 7) is 7.18. The van der Waals surface area contributed by atoms with Crippen LogP contribution in [0.5, 0.6) is 17.5 Å². The summed E-state index contributed by atoms with van der Waals surface area (Å²) in [5.41, 5.74) is -1.96. The van der Waals surface area contributed by atoms with Crippen molar-refractivity contribution in [3.63, 3.8) is 0 Å². The Kier molecular flexibility index (Phi) is 9.25. The fourth-order valence-corrected chi connectivity index (χ4v) is 7.78. The number of anilines is 1. The van der Waals surface area contributed by atoms with Crippen LogP contribution >= 0.6 is 0 Å². The van der Waals surface area contributed by atoms with E-state index < -0.39 is 68.1 Å². The van der Waals surface area contributed by atoms with E-state index in [0.717, 1.165) is 5.39 Å². The van der Waals surface area contributed by atoms with Gasteiger partial charge in [-0.15, -0.1) is 6.58 Å². The molecule has 6 rings (SSSR count). The first kappa shape index (κ1) is 34.5. The molecule has 3 N–H and O–H groups in total. The Morgan fingerprint density at radius 1 is 1.14 bits per heavy atom. The van der Waals surface area contributed by atoms with E-state index in [-0.39, 0.29) is 26.3 Å². The van der Waals surface area contributed by atoms with Crippen LogP contribution in [0.25, 0.3) is 10.8 Å². The summed E-state index contributed by atoms with van der Waals surface area (Å²) in [6, 6.07) is 8.50. The number of nitrogens with one attached hydrogen (secondary N) is 3. The zero-order chi connectivity index (χ0) is 37.4. The van der Waals surface area contributed by atoms with Crippen LogP contribution < -0.4 is 29.6 Å². The molecule has 2 saturated carbocycles. The van der Waals surface area contributed by atoms with Crippen LogP contribution in [0.3, 0.4) is 0 Å². The molecular weight excluding hydrogens is 676 g/mol. The minimum Gasteiger partial charge on any atom is -0.497 e. The van der Waals surface area contributed by atoms with Gasteiger partial charge in [0.25, 0.3) is 5.91 Å². The Balaban J connectivity index is 1.31. The van der Waals surface area contributed by atoms with Gasteiger partial charge >= 0.3 is 0 Å². The lowest BCUT2D eigenvalue weighted by molar-refractivity contribution is -0.141. The lowest BCUT2D eigenvalue weighted by Crippen LogP contribution is -2.58. The molecule has 0 spiro atoms. The number of ether oxygens (including phenoxy) is 3. The molecule has 3 heterocycles. The molecule has 51 heavy (non-hydrogen) atoms. The van der Waals surface area contributed by atoms with Crippen molar-refractivity contribution < 1.29 is 38.4 Å². The molecule has 2 aliphatic carbocycles. The highest BCUT2D eigenvalue weighted by Crippen LogP contribution is 2.45. The monoisotopic (exact) mass is 721 g/mol. The molecule has 14 nitrogen and oxygen atoms in total. The summed E-state index contributed by atoms with van der Waals surface area (Å²) in [5.74, 6) is -1.13. The Hall–Kier alpha value is -4.92. The topological polar surface area (TPSA) is 178 Å². The molecule has 3 fully saturated rings. The summed E-state index contributed by atoms with van der Waals surface area (Å²) in [4.78, 5) is 52.6. The zero-order valence-electron chi connectivity index (χ0n) is 30.0.